The van der Waals surface area contributed by atoms with Crippen LogP contribution in [0.3, 0.4) is 0 Å². The molecular formula is C23H29N3O5. The number of amides is 3. The lowest BCUT2D eigenvalue weighted by atomic mass is 10.1. The van der Waals surface area contributed by atoms with Gasteiger partial charge in [-0.2, -0.15) is 0 Å². The number of carbonyl (C=O) groups is 2. The lowest BCUT2D eigenvalue weighted by Gasteiger charge is -2.27. The first-order chi connectivity index (χ1) is 15.1. The molecule has 3 amide bonds. The fourth-order valence-corrected chi connectivity index (χ4v) is 3.39. The Morgan fingerprint density at radius 3 is 2.55 bits per heavy atom. The van der Waals surface area contributed by atoms with Gasteiger partial charge in [-0.1, -0.05) is 18.2 Å². The number of carbonyl (C=O) groups excluding carboxylic acids is 2. The van der Waals surface area contributed by atoms with Crippen LogP contribution in [-0.2, 0) is 4.74 Å². The Bertz CT molecular complexity index is 844. The molecule has 8 heteroatoms. The summed E-state index contributed by atoms with van der Waals surface area (Å²) in [5.41, 5.74) is 1.15. The average Bonchev–Trinajstić information content (AvgIpc) is 2.96. The number of ether oxygens (including phenoxy) is 2. The molecule has 0 spiro atoms. The summed E-state index contributed by atoms with van der Waals surface area (Å²) < 4.78 is 10.4. The van der Waals surface area contributed by atoms with E-state index in [1.165, 1.54) is 0 Å². The maximum atomic E-state index is 12.7. The van der Waals surface area contributed by atoms with Crippen molar-refractivity contribution in [2.75, 3.05) is 38.7 Å². The van der Waals surface area contributed by atoms with E-state index < -0.39 is 12.1 Å². The number of hydrogen-bond donors (Lipinski definition) is 3. The van der Waals surface area contributed by atoms with Gasteiger partial charge in [-0.15, -0.1) is 0 Å². The number of methoxy groups -OCH3 is 1. The van der Waals surface area contributed by atoms with Crippen LogP contribution in [0, 0.1) is 0 Å². The molecule has 0 bridgehead atoms. The van der Waals surface area contributed by atoms with Crippen molar-refractivity contribution in [3.63, 3.8) is 0 Å². The summed E-state index contributed by atoms with van der Waals surface area (Å²) in [6, 6.07) is 15.1. The molecule has 2 aromatic rings. The van der Waals surface area contributed by atoms with Crippen LogP contribution in [0.1, 0.15) is 23.2 Å². The molecule has 166 valence electrons. The molecule has 3 rings (SSSR count). The van der Waals surface area contributed by atoms with Crippen LogP contribution in [0.5, 0.6) is 5.75 Å². The highest BCUT2D eigenvalue weighted by molar-refractivity contribution is 5.94. The third-order valence-electron chi connectivity index (χ3n) is 5.11. The van der Waals surface area contributed by atoms with Gasteiger partial charge in [-0.05, 0) is 49.2 Å². The SMILES string of the molecule is COCCOc1ccc(C(=O)N[C@@H]2CN(C(=O)Nc3ccccc3)CCC[C@H]2O)cc1. The molecule has 31 heavy (non-hydrogen) atoms. The first-order valence-corrected chi connectivity index (χ1v) is 10.4. The standard InChI is InChI=1S/C23H29N3O5/c1-30-14-15-31-19-11-9-17(10-12-19)22(28)25-20-16-26(13-5-8-21(20)27)23(29)24-18-6-3-2-4-7-18/h2-4,6-7,9-12,20-21,27H,5,8,13-16H2,1H3,(H,24,29)(H,25,28)/t20-,21-/m1/s1. The minimum atomic E-state index is -0.727. The molecule has 0 saturated carbocycles. The van der Waals surface area contributed by atoms with Crippen LogP contribution in [0.2, 0.25) is 0 Å². The average molecular weight is 428 g/mol. The second-order valence-electron chi connectivity index (χ2n) is 7.40. The summed E-state index contributed by atoms with van der Waals surface area (Å²) in [5, 5.41) is 16.2. The summed E-state index contributed by atoms with van der Waals surface area (Å²) in [6.45, 7) is 1.65. The lowest BCUT2D eigenvalue weighted by molar-refractivity contribution is 0.0811. The number of aliphatic hydroxyl groups excluding tert-OH is 1. The third-order valence-corrected chi connectivity index (χ3v) is 5.11. The topological polar surface area (TPSA) is 100 Å². The quantitative estimate of drug-likeness (QED) is 0.590. The zero-order valence-electron chi connectivity index (χ0n) is 17.6. The normalized spacial score (nSPS) is 18.7. The minimum Gasteiger partial charge on any atom is -0.491 e. The molecule has 2 atom stereocenters. The molecule has 1 aliphatic heterocycles. The Balaban J connectivity index is 1.59. The number of urea groups is 1. The van der Waals surface area contributed by atoms with E-state index >= 15 is 0 Å². The highest BCUT2D eigenvalue weighted by Gasteiger charge is 2.29. The largest absolute Gasteiger partial charge is 0.491 e. The summed E-state index contributed by atoms with van der Waals surface area (Å²) in [4.78, 5) is 27.0. The number of anilines is 1. The Morgan fingerprint density at radius 1 is 1.10 bits per heavy atom. The number of benzene rings is 2. The number of aliphatic hydroxyl groups is 1. The van der Waals surface area contributed by atoms with Gasteiger partial charge in [-0.3, -0.25) is 4.79 Å². The van der Waals surface area contributed by atoms with Gasteiger partial charge >= 0.3 is 6.03 Å². The van der Waals surface area contributed by atoms with Crippen molar-refractivity contribution in [1.29, 1.82) is 0 Å². The second-order valence-corrected chi connectivity index (χ2v) is 7.40. The smallest absolute Gasteiger partial charge is 0.321 e. The molecule has 0 radical (unpaired) electrons. The number of likely N-dealkylation sites (tertiary alicyclic amines) is 1. The molecule has 1 saturated heterocycles. The predicted molar refractivity (Wildman–Crippen MR) is 117 cm³/mol. The molecule has 1 heterocycles. The summed E-state index contributed by atoms with van der Waals surface area (Å²) >= 11 is 0. The van der Waals surface area contributed by atoms with E-state index in [1.807, 2.05) is 30.3 Å². The molecule has 3 N–H and O–H groups in total. The first kappa shape index (κ1) is 22.6. The Hall–Kier alpha value is -3.10. The van der Waals surface area contributed by atoms with E-state index in [2.05, 4.69) is 10.6 Å². The fraction of sp³-hybridized carbons (Fsp3) is 0.391. The van der Waals surface area contributed by atoms with E-state index in [0.717, 1.165) is 0 Å². The lowest BCUT2D eigenvalue weighted by Crippen LogP contribution is -2.50. The van der Waals surface area contributed by atoms with Crippen molar-refractivity contribution >= 4 is 17.6 Å². The summed E-state index contributed by atoms with van der Waals surface area (Å²) in [7, 11) is 1.60. The van der Waals surface area contributed by atoms with Gasteiger partial charge < -0.3 is 30.1 Å². The number of para-hydroxylation sites is 1. The highest BCUT2D eigenvalue weighted by Crippen LogP contribution is 2.16. The number of nitrogens with zero attached hydrogens (tertiary/aromatic N) is 1. The molecule has 1 fully saturated rings. The van der Waals surface area contributed by atoms with Gasteiger partial charge in [0.05, 0.1) is 18.8 Å². The van der Waals surface area contributed by atoms with Gasteiger partial charge in [0.1, 0.15) is 12.4 Å². The first-order valence-electron chi connectivity index (χ1n) is 10.4. The number of nitrogens with one attached hydrogen (secondary N) is 2. The molecular weight excluding hydrogens is 398 g/mol. The Morgan fingerprint density at radius 2 is 1.84 bits per heavy atom. The van der Waals surface area contributed by atoms with Crippen LogP contribution in [-0.4, -0.2) is 67.5 Å². The van der Waals surface area contributed by atoms with Crippen LogP contribution >= 0.6 is 0 Å². The molecule has 8 nitrogen and oxygen atoms in total. The summed E-state index contributed by atoms with van der Waals surface area (Å²) in [6.07, 6.45) is 0.436. The molecule has 1 aliphatic rings. The van der Waals surface area contributed by atoms with Crippen molar-refractivity contribution in [3.05, 3.63) is 60.2 Å². The van der Waals surface area contributed by atoms with Gasteiger partial charge in [0.2, 0.25) is 0 Å². The highest BCUT2D eigenvalue weighted by atomic mass is 16.5. The monoisotopic (exact) mass is 427 g/mol. The van der Waals surface area contributed by atoms with Crippen molar-refractivity contribution < 1.29 is 24.2 Å². The predicted octanol–water partition coefficient (Wildman–Crippen LogP) is 2.50. The fourth-order valence-electron chi connectivity index (χ4n) is 3.39. The van der Waals surface area contributed by atoms with Gasteiger partial charge in [0, 0.05) is 31.5 Å². The zero-order valence-corrected chi connectivity index (χ0v) is 17.6. The van der Waals surface area contributed by atoms with Crippen molar-refractivity contribution in [2.24, 2.45) is 0 Å². The van der Waals surface area contributed by atoms with Crippen molar-refractivity contribution in [2.45, 2.75) is 25.0 Å². The number of rotatable bonds is 7. The van der Waals surface area contributed by atoms with Gasteiger partial charge in [0.25, 0.3) is 5.91 Å². The third kappa shape index (κ3) is 6.70. The van der Waals surface area contributed by atoms with E-state index in [1.54, 1.807) is 36.3 Å². The van der Waals surface area contributed by atoms with Crippen molar-refractivity contribution in [3.8, 4) is 5.75 Å². The van der Waals surface area contributed by atoms with Crippen LogP contribution < -0.4 is 15.4 Å². The van der Waals surface area contributed by atoms with Gasteiger partial charge in [0.15, 0.2) is 0 Å². The van der Waals surface area contributed by atoms with Crippen LogP contribution in [0.15, 0.2) is 54.6 Å². The molecule has 0 aliphatic carbocycles. The Labute approximate surface area is 182 Å². The zero-order chi connectivity index (χ0) is 22.1. The molecule has 0 unspecified atom stereocenters. The Kier molecular flexibility index (Phi) is 8.26. The van der Waals surface area contributed by atoms with Crippen LogP contribution in [0.4, 0.5) is 10.5 Å². The van der Waals surface area contributed by atoms with E-state index in [-0.39, 0.29) is 18.5 Å². The van der Waals surface area contributed by atoms with E-state index in [9.17, 15) is 14.7 Å². The van der Waals surface area contributed by atoms with Crippen molar-refractivity contribution in [1.82, 2.24) is 10.2 Å². The molecule has 0 aromatic heterocycles. The molecule has 2 aromatic carbocycles. The maximum Gasteiger partial charge on any atom is 0.321 e. The van der Waals surface area contributed by atoms with E-state index in [4.69, 9.17) is 9.47 Å². The van der Waals surface area contributed by atoms with Gasteiger partial charge in [-0.25, -0.2) is 4.79 Å². The van der Waals surface area contributed by atoms with E-state index in [0.29, 0.717) is 49.6 Å². The summed E-state index contributed by atoms with van der Waals surface area (Å²) in [5.74, 6) is 0.338. The van der Waals surface area contributed by atoms with Crippen LogP contribution in [0.25, 0.3) is 0 Å². The second kappa shape index (κ2) is 11.3. The maximum absolute atomic E-state index is 12.7. The number of hydrogen-bond acceptors (Lipinski definition) is 5. The minimum absolute atomic E-state index is 0.226.